The van der Waals surface area contributed by atoms with Gasteiger partial charge in [0.05, 0.1) is 0 Å². The number of amides is 2. The second kappa shape index (κ2) is 11.2. The molecule has 182 valence electrons. The average molecular weight is 467 g/mol. The molecule has 0 aliphatic heterocycles. The molecular formula is C27H34N2O5. The van der Waals surface area contributed by atoms with E-state index in [9.17, 15) is 19.5 Å². The van der Waals surface area contributed by atoms with E-state index in [2.05, 4.69) is 22.8 Å². The van der Waals surface area contributed by atoms with Gasteiger partial charge in [-0.2, -0.15) is 0 Å². The molecule has 1 aliphatic carbocycles. The normalized spacial score (nSPS) is 14.3. The number of benzene rings is 2. The van der Waals surface area contributed by atoms with Gasteiger partial charge in [-0.3, -0.25) is 4.79 Å². The minimum atomic E-state index is -1.10. The van der Waals surface area contributed by atoms with Crippen LogP contribution in [0.3, 0.4) is 0 Å². The number of carbonyl (C=O) groups excluding carboxylic acids is 2. The fourth-order valence-corrected chi connectivity index (χ4v) is 4.32. The molecule has 1 aliphatic rings. The van der Waals surface area contributed by atoms with E-state index in [1.807, 2.05) is 50.2 Å². The molecule has 2 amide bonds. The Kier molecular flexibility index (Phi) is 8.31. The summed E-state index contributed by atoms with van der Waals surface area (Å²) in [7, 11) is 0. The highest BCUT2D eigenvalue weighted by molar-refractivity contribution is 5.89. The van der Waals surface area contributed by atoms with E-state index in [1.165, 1.54) is 0 Å². The smallest absolute Gasteiger partial charge is 0.407 e. The van der Waals surface area contributed by atoms with Crippen molar-refractivity contribution in [3.8, 4) is 11.1 Å². The highest BCUT2D eigenvalue weighted by Crippen LogP contribution is 2.44. The number of rotatable bonds is 10. The monoisotopic (exact) mass is 466 g/mol. The maximum Gasteiger partial charge on any atom is 0.407 e. The van der Waals surface area contributed by atoms with Crippen LogP contribution in [0.1, 0.15) is 57.6 Å². The standard InChI is InChI=1S/C27H34N2O5/c1-16(2)13-14-23(25(30)29-24(17(3)4)26(31)32)28-27(33)34-15-22-20-11-7-5-9-18(20)19-10-6-8-12-21(19)22/h5-12,16-17,22-24H,13-15H2,1-4H3,(H,28,33)(H,29,30)(H,31,32)/t23?,24-/m1/s1. The molecule has 2 atom stereocenters. The van der Waals surface area contributed by atoms with Crippen molar-refractivity contribution >= 4 is 18.0 Å². The molecular weight excluding hydrogens is 432 g/mol. The second-order valence-electron chi connectivity index (χ2n) is 9.56. The van der Waals surface area contributed by atoms with E-state index in [4.69, 9.17) is 4.74 Å². The number of ether oxygens (including phenoxy) is 1. The summed E-state index contributed by atoms with van der Waals surface area (Å²) in [6.45, 7) is 7.64. The maximum atomic E-state index is 12.9. The Balaban J connectivity index is 1.68. The number of aliphatic carboxylic acids is 1. The van der Waals surface area contributed by atoms with Crippen LogP contribution >= 0.6 is 0 Å². The molecule has 0 radical (unpaired) electrons. The van der Waals surface area contributed by atoms with Gasteiger partial charge in [0.2, 0.25) is 5.91 Å². The van der Waals surface area contributed by atoms with E-state index in [0.29, 0.717) is 18.8 Å². The summed E-state index contributed by atoms with van der Waals surface area (Å²) in [4.78, 5) is 37.1. The SMILES string of the molecule is CC(C)CCC(NC(=O)OCC1c2ccccc2-c2ccccc21)C(=O)N[C@@H](C(=O)O)C(C)C. The summed E-state index contributed by atoms with van der Waals surface area (Å²) in [6.07, 6.45) is 0.390. The number of carboxylic acid groups (broad SMARTS) is 1. The summed E-state index contributed by atoms with van der Waals surface area (Å²) in [5, 5.41) is 14.6. The first-order chi connectivity index (χ1) is 16.2. The fourth-order valence-electron chi connectivity index (χ4n) is 4.32. The van der Waals surface area contributed by atoms with Crippen molar-refractivity contribution in [1.82, 2.24) is 10.6 Å². The highest BCUT2D eigenvalue weighted by atomic mass is 16.5. The third-order valence-corrected chi connectivity index (χ3v) is 6.22. The van der Waals surface area contributed by atoms with Crippen LogP contribution < -0.4 is 10.6 Å². The van der Waals surface area contributed by atoms with Crippen LogP contribution in [0.2, 0.25) is 0 Å². The van der Waals surface area contributed by atoms with Crippen LogP contribution in [0, 0.1) is 11.8 Å². The number of hydrogen-bond donors (Lipinski definition) is 3. The van der Waals surface area contributed by atoms with Gasteiger partial charge in [-0.15, -0.1) is 0 Å². The first-order valence-corrected chi connectivity index (χ1v) is 11.8. The Morgan fingerprint density at radius 2 is 1.44 bits per heavy atom. The zero-order valence-corrected chi connectivity index (χ0v) is 20.2. The van der Waals surface area contributed by atoms with Crippen molar-refractivity contribution in [3.05, 3.63) is 59.7 Å². The van der Waals surface area contributed by atoms with Crippen LogP contribution in [-0.4, -0.2) is 41.8 Å². The summed E-state index contributed by atoms with van der Waals surface area (Å²) >= 11 is 0. The molecule has 7 nitrogen and oxygen atoms in total. The number of fused-ring (bicyclic) bond motifs is 3. The number of carboxylic acids is 1. The van der Waals surface area contributed by atoms with Crippen molar-refractivity contribution in [2.24, 2.45) is 11.8 Å². The number of hydrogen-bond acceptors (Lipinski definition) is 4. The van der Waals surface area contributed by atoms with E-state index in [0.717, 1.165) is 22.3 Å². The van der Waals surface area contributed by atoms with Crippen molar-refractivity contribution in [2.45, 2.75) is 58.5 Å². The van der Waals surface area contributed by atoms with E-state index >= 15 is 0 Å². The van der Waals surface area contributed by atoms with Crippen molar-refractivity contribution in [1.29, 1.82) is 0 Å². The lowest BCUT2D eigenvalue weighted by Crippen LogP contribution is -2.53. The molecule has 2 aromatic rings. The summed E-state index contributed by atoms with van der Waals surface area (Å²) in [6, 6.07) is 14.2. The molecule has 1 unspecified atom stereocenters. The fraction of sp³-hybridized carbons (Fsp3) is 0.444. The Morgan fingerprint density at radius 3 is 1.94 bits per heavy atom. The van der Waals surface area contributed by atoms with Gasteiger partial charge in [0.1, 0.15) is 18.7 Å². The molecule has 2 aromatic carbocycles. The van der Waals surface area contributed by atoms with Gasteiger partial charge in [0.15, 0.2) is 0 Å². The zero-order chi connectivity index (χ0) is 24.8. The Hall–Kier alpha value is -3.35. The van der Waals surface area contributed by atoms with E-state index in [-0.39, 0.29) is 18.4 Å². The molecule has 7 heteroatoms. The first-order valence-electron chi connectivity index (χ1n) is 11.8. The lowest BCUT2D eigenvalue weighted by molar-refractivity contribution is -0.143. The molecule has 34 heavy (non-hydrogen) atoms. The Bertz CT molecular complexity index is 988. The number of alkyl carbamates (subject to hydrolysis) is 1. The van der Waals surface area contributed by atoms with Crippen LogP contribution in [0.15, 0.2) is 48.5 Å². The molecule has 0 saturated carbocycles. The predicted octanol–water partition coefficient (Wildman–Crippen LogP) is 4.56. The summed E-state index contributed by atoms with van der Waals surface area (Å²) < 4.78 is 5.58. The van der Waals surface area contributed by atoms with Gasteiger partial charge in [0, 0.05) is 5.92 Å². The molecule has 0 spiro atoms. The molecule has 0 aromatic heterocycles. The Labute approximate surface area is 200 Å². The van der Waals surface area contributed by atoms with E-state index < -0.39 is 30.1 Å². The first kappa shape index (κ1) is 25.3. The van der Waals surface area contributed by atoms with Crippen molar-refractivity contribution in [2.75, 3.05) is 6.61 Å². The topological polar surface area (TPSA) is 105 Å². The molecule has 3 rings (SSSR count). The molecule has 0 fully saturated rings. The lowest BCUT2D eigenvalue weighted by Gasteiger charge is -2.24. The summed E-state index contributed by atoms with van der Waals surface area (Å²) in [5.41, 5.74) is 4.48. The van der Waals surface area contributed by atoms with Crippen LogP contribution in [0.25, 0.3) is 11.1 Å². The average Bonchev–Trinajstić information content (AvgIpc) is 3.11. The third kappa shape index (κ3) is 5.95. The van der Waals surface area contributed by atoms with Gasteiger partial charge < -0.3 is 20.5 Å². The van der Waals surface area contributed by atoms with Crippen LogP contribution in [0.4, 0.5) is 4.79 Å². The number of nitrogens with one attached hydrogen (secondary N) is 2. The maximum absolute atomic E-state index is 12.9. The zero-order valence-electron chi connectivity index (χ0n) is 20.2. The lowest BCUT2D eigenvalue weighted by atomic mass is 9.98. The largest absolute Gasteiger partial charge is 0.480 e. The minimum Gasteiger partial charge on any atom is -0.480 e. The van der Waals surface area contributed by atoms with Gasteiger partial charge >= 0.3 is 12.1 Å². The molecule has 0 bridgehead atoms. The van der Waals surface area contributed by atoms with Crippen LogP contribution in [0.5, 0.6) is 0 Å². The molecule has 3 N–H and O–H groups in total. The molecule has 0 heterocycles. The van der Waals surface area contributed by atoms with Crippen molar-refractivity contribution < 1.29 is 24.2 Å². The van der Waals surface area contributed by atoms with Gasteiger partial charge in [-0.1, -0.05) is 76.2 Å². The van der Waals surface area contributed by atoms with E-state index in [1.54, 1.807) is 13.8 Å². The van der Waals surface area contributed by atoms with Crippen LogP contribution in [-0.2, 0) is 14.3 Å². The Morgan fingerprint density at radius 1 is 0.882 bits per heavy atom. The predicted molar refractivity (Wildman–Crippen MR) is 130 cm³/mol. The quantitative estimate of drug-likeness (QED) is 0.476. The molecule has 0 saturated heterocycles. The summed E-state index contributed by atoms with van der Waals surface area (Å²) in [5.74, 6) is -1.68. The number of carbonyl (C=O) groups is 3. The second-order valence-corrected chi connectivity index (χ2v) is 9.56. The third-order valence-electron chi connectivity index (χ3n) is 6.22. The van der Waals surface area contributed by atoms with Crippen molar-refractivity contribution in [3.63, 3.8) is 0 Å². The van der Waals surface area contributed by atoms with Gasteiger partial charge in [0.25, 0.3) is 0 Å². The van der Waals surface area contributed by atoms with Gasteiger partial charge in [-0.25, -0.2) is 9.59 Å². The van der Waals surface area contributed by atoms with Gasteiger partial charge in [-0.05, 0) is 46.9 Å². The highest BCUT2D eigenvalue weighted by Gasteiger charge is 2.31. The minimum absolute atomic E-state index is 0.0848.